The van der Waals surface area contributed by atoms with Crippen molar-refractivity contribution in [2.24, 2.45) is 0 Å². The van der Waals surface area contributed by atoms with Gasteiger partial charge < -0.3 is 5.11 Å². The maximum absolute atomic E-state index is 10.7. The van der Waals surface area contributed by atoms with Crippen LogP contribution in [0, 0.1) is 0 Å². The van der Waals surface area contributed by atoms with Crippen molar-refractivity contribution in [3.8, 4) is 0 Å². The SMILES string of the molecule is CCn1cc(CN2CC[C@H](c3ccc4ccccc4c3)[C@@H](O)C2)cn1. The lowest BCUT2D eigenvalue weighted by atomic mass is 9.86. The van der Waals surface area contributed by atoms with Gasteiger partial charge >= 0.3 is 0 Å². The Hall–Kier alpha value is -2.17. The normalized spacial score (nSPS) is 21.7. The summed E-state index contributed by atoms with van der Waals surface area (Å²) in [6, 6.07) is 15.0. The van der Waals surface area contributed by atoms with E-state index in [0.29, 0.717) is 0 Å². The van der Waals surface area contributed by atoms with Crippen molar-refractivity contribution < 1.29 is 5.11 Å². The van der Waals surface area contributed by atoms with Gasteiger partial charge in [-0.2, -0.15) is 5.10 Å². The first-order chi connectivity index (χ1) is 12.2. The minimum absolute atomic E-state index is 0.222. The molecule has 1 N–H and O–H groups in total. The molecule has 0 spiro atoms. The summed E-state index contributed by atoms with van der Waals surface area (Å²) in [6.07, 6.45) is 4.70. The van der Waals surface area contributed by atoms with E-state index in [1.807, 2.05) is 10.9 Å². The smallest absolute Gasteiger partial charge is 0.0736 e. The number of aryl methyl sites for hydroxylation is 1. The molecule has 25 heavy (non-hydrogen) atoms. The summed E-state index contributed by atoms with van der Waals surface area (Å²) >= 11 is 0. The molecular formula is C21H25N3O. The molecule has 3 aromatic rings. The molecule has 2 aromatic carbocycles. The van der Waals surface area contributed by atoms with Crippen LogP contribution in [0.1, 0.15) is 30.4 Å². The van der Waals surface area contributed by atoms with E-state index in [-0.39, 0.29) is 12.0 Å². The number of aliphatic hydroxyl groups is 1. The third kappa shape index (κ3) is 3.46. The number of rotatable bonds is 4. The Bertz CT molecular complexity index is 857. The van der Waals surface area contributed by atoms with Gasteiger partial charge in [-0.15, -0.1) is 0 Å². The molecule has 0 amide bonds. The quantitative estimate of drug-likeness (QED) is 0.794. The Morgan fingerprint density at radius 2 is 2.00 bits per heavy atom. The number of hydrogen-bond donors (Lipinski definition) is 1. The Kier molecular flexibility index (Phi) is 4.55. The number of hydrogen-bond acceptors (Lipinski definition) is 3. The van der Waals surface area contributed by atoms with Gasteiger partial charge in [0.2, 0.25) is 0 Å². The summed E-state index contributed by atoms with van der Waals surface area (Å²) in [4.78, 5) is 2.33. The highest BCUT2D eigenvalue weighted by atomic mass is 16.3. The third-order valence-electron chi connectivity index (χ3n) is 5.28. The van der Waals surface area contributed by atoms with Gasteiger partial charge in [-0.25, -0.2) is 0 Å². The van der Waals surface area contributed by atoms with E-state index in [1.165, 1.54) is 21.9 Å². The number of fused-ring (bicyclic) bond motifs is 1. The van der Waals surface area contributed by atoms with Crippen LogP contribution in [-0.4, -0.2) is 39.0 Å². The third-order valence-corrected chi connectivity index (χ3v) is 5.28. The number of aromatic nitrogens is 2. The topological polar surface area (TPSA) is 41.3 Å². The summed E-state index contributed by atoms with van der Waals surface area (Å²) in [5.74, 6) is 0.222. The molecule has 4 rings (SSSR count). The number of aliphatic hydroxyl groups excluding tert-OH is 1. The van der Waals surface area contributed by atoms with Gasteiger partial charge in [0.25, 0.3) is 0 Å². The minimum atomic E-state index is -0.323. The van der Waals surface area contributed by atoms with Crippen molar-refractivity contribution in [3.05, 3.63) is 66.0 Å². The van der Waals surface area contributed by atoms with E-state index in [1.54, 1.807) is 0 Å². The lowest BCUT2D eigenvalue weighted by molar-refractivity contribution is 0.0477. The molecule has 2 heterocycles. The van der Waals surface area contributed by atoms with E-state index < -0.39 is 0 Å². The van der Waals surface area contributed by atoms with Crippen LogP contribution in [0.2, 0.25) is 0 Å². The number of nitrogens with zero attached hydrogens (tertiary/aromatic N) is 3. The molecule has 4 heteroatoms. The fourth-order valence-electron chi connectivity index (χ4n) is 3.89. The predicted octanol–water partition coefficient (Wildman–Crippen LogP) is 3.41. The number of β-amino-alcohol motifs (C(OH)–C–C–N with tert-alkyl or cyclic N) is 1. The maximum Gasteiger partial charge on any atom is 0.0736 e. The standard InChI is InChI=1S/C21H25N3O/c1-2-24-14-16(12-22-24)13-23-10-9-20(21(25)15-23)19-8-7-17-5-3-4-6-18(17)11-19/h3-8,11-12,14,20-21,25H,2,9-10,13,15H2,1H3/t20-,21+/m1/s1. The first-order valence-corrected chi connectivity index (χ1v) is 9.13. The second-order valence-electron chi connectivity index (χ2n) is 7.01. The Balaban J connectivity index is 1.45. The summed E-state index contributed by atoms with van der Waals surface area (Å²) in [6.45, 7) is 5.57. The monoisotopic (exact) mass is 335 g/mol. The Morgan fingerprint density at radius 1 is 1.16 bits per heavy atom. The summed E-state index contributed by atoms with van der Waals surface area (Å²) in [5.41, 5.74) is 2.47. The van der Waals surface area contributed by atoms with Crippen molar-refractivity contribution in [1.29, 1.82) is 0 Å². The van der Waals surface area contributed by atoms with Crippen LogP contribution in [-0.2, 0) is 13.1 Å². The highest BCUT2D eigenvalue weighted by molar-refractivity contribution is 5.83. The minimum Gasteiger partial charge on any atom is -0.391 e. The lowest BCUT2D eigenvalue weighted by Crippen LogP contribution is -2.42. The van der Waals surface area contributed by atoms with Gasteiger partial charge in [0.15, 0.2) is 0 Å². The zero-order valence-electron chi connectivity index (χ0n) is 14.7. The molecule has 2 atom stereocenters. The van der Waals surface area contributed by atoms with Crippen LogP contribution in [0.5, 0.6) is 0 Å². The molecule has 0 unspecified atom stereocenters. The van der Waals surface area contributed by atoms with Gasteiger partial charge in [-0.05, 0) is 36.2 Å². The molecule has 0 aliphatic carbocycles. The van der Waals surface area contributed by atoms with Crippen molar-refractivity contribution in [2.45, 2.75) is 38.5 Å². The molecule has 1 saturated heterocycles. The molecule has 1 aliphatic heterocycles. The van der Waals surface area contributed by atoms with Crippen LogP contribution >= 0.6 is 0 Å². The summed E-state index contributed by atoms with van der Waals surface area (Å²) in [5, 5.41) is 17.6. The predicted molar refractivity (Wildman–Crippen MR) is 100 cm³/mol. The van der Waals surface area contributed by atoms with Gasteiger partial charge in [0, 0.05) is 37.3 Å². The summed E-state index contributed by atoms with van der Waals surface area (Å²) in [7, 11) is 0. The molecular weight excluding hydrogens is 310 g/mol. The fraction of sp³-hybridized carbons (Fsp3) is 0.381. The Morgan fingerprint density at radius 3 is 2.76 bits per heavy atom. The average molecular weight is 335 g/mol. The molecule has 1 aliphatic rings. The molecule has 1 aromatic heterocycles. The van der Waals surface area contributed by atoms with Crippen molar-refractivity contribution >= 4 is 10.8 Å². The van der Waals surface area contributed by atoms with Gasteiger partial charge in [0.1, 0.15) is 0 Å². The van der Waals surface area contributed by atoms with Crippen LogP contribution in [0.4, 0.5) is 0 Å². The molecule has 1 fully saturated rings. The van der Waals surface area contributed by atoms with E-state index in [4.69, 9.17) is 0 Å². The number of likely N-dealkylation sites (tertiary alicyclic amines) is 1. The lowest BCUT2D eigenvalue weighted by Gasteiger charge is -2.36. The molecule has 130 valence electrons. The van der Waals surface area contributed by atoms with E-state index in [0.717, 1.165) is 32.6 Å². The van der Waals surface area contributed by atoms with Gasteiger partial charge in [-0.1, -0.05) is 42.5 Å². The van der Waals surface area contributed by atoms with Crippen LogP contribution in [0.25, 0.3) is 10.8 Å². The number of benzene rings is 2. The highest BCUT2D eigenvalue weighted by Crippen LogP contribution is 2.31. The maximum atomic E-state index is 10.7. The zero-order valence-corrected chi connectivity index (χ0v) is 14.7. The number of piperidine rings is 1. The van der Waals surface area contributed by atoms with Gasteiger partial charge in [0.05, 0.1) is 12.3 Å². The molecule has 4 nitrogen and oxygen atoms in total. The first-order valence-electron chi connectivity index (χ1n) is 9.13. The summed E-state index contributed by atoms with van der Waals surface area (Å²) < 4.78 is 1.95. The van der Waals surface area contributed by atoms with Crippen molar-refractivity contribution in [1.82, 2.24) is 14.7 Å². The second-order valence-corrected chi connectivity index (χ2v) is 7.01. The fourth-order valence-corrected chi connectivity index (χ4v) is 3.89. The van der Waals surface area contributed by atoms with Crippen molar-refractivity contribution in [3.63, 3.8) is 0 Å². The van der Waals surface area contributed by atoms with Crippen LogP contribution in [0.15, 0.2) is 54.9 Å². The Labute approximate surface area is 148 Å². The molecule has 0 bridgehead atoms. The first kappa shape index (κ1) is 16.3. The van der Waals surface area contributed by atoms with E-state index >= 15 is 0 Å². The van der Waals surface area contributed by atoms with Crippen LogP contribution in [0.3, 0.4) is 0 Å². The largest absolute Gasteiger partial charge is 0.391 e. The van der Waals surface area contributed by atoms with E-state index in [2.05, 4.69) is 65.6 Å². The van der Waals surface area contributed by atoms with Crippen molar-refractivity contribution in [2.75, 3.05) is 13.1 Å². The second kappa shape index (κ2) is 6.98. The van der Waals surface area contributed by atoms with Crippen LogP contribution < -0.4 is 0 Å². The molecule has 0 radical (unpaired) electrons. The highest BCUT2D eigenvalue weighted by Gasteiger charge is 2.29. The molecule has 0 saturated carbocycles. The van der Waals surface area contributed by atoms with Gasteiger partial charge in [-0.3, -0.25) is 9.58 Å². The zero-order chi connectivity index (χ0) is 17.2. The van der Waals surface area contributed by atoms with E-state index in [9.17, 15) is 5.11 Å². The average Bonchev–Trinajstić information content (AvgIpc) is 3.09.